The van der Waals surface area contributed by atoms with Crippen molar-refractivity contribution in [3.05, 3.63) is 0 Å². The lowest BCUT2D eigenvalue weighted by atomic mass is 9.50. The van der Waals surface area contributed by atoms with Crippen LogP contribution in [0.1, 0.15) is 32.1 Å². The molecule has 4 fully saturated rings. The SMILES string of the molecule is NC12CC3CC(C1)C1(N=N1)C(C3)C2. The molecule has 5 rings (SSSR count). The summed E-state index contributed by atoms with van der Waals surface area (Å²) in [6.07, 6.45) is 6.35. The molecule has 2 atom stereocenters. The van der Waals surface area contributed by atoms with Gasteiger partial charge in [-0.15, -0.1) is 0 Å². The molecule has 70 valence electrons. The van der Waals surface area contributed by atoms with Crippen molar-refractivity contribution in [2.45, 2.75) is 43.3 Å². The van der Waals surface area contributed by atoms with Crippen LogP contribution in [0.3, 0.4) is 0 Å². The largest absolute Gasteiger partial charge is 0.325 e. The molecule has 3 heteroatoms. The summed E-state index contributed by atoms with van der Waals surface area (Å²) in [4.78, 5) is 0. The second kappa shape index (κ2) is 1.70. The van der Waals surface area contributed by atoms with Gasteiger partial charge >= 0.3 is 0 Å². The summed E-state index contributed by atoms with van der Waals surface area (Å²) in [5, 5.41) is 8.67. The molecule has 2 N–H and O–H groups in total. The normalized spacial score (nSPS) is 59.0. The van der Waals surface area contributed by atoms with Gasteiger partial charge in [0.1, 0.15) is 0 Å². The lowest BCUT2D eigenvalue weighted by Gasteiger charge is -2.57. The minimum Gasteiger partial charge on any atom is -0.325 e. The Morgan fingerprint density at radius 2 is 1.62 bits per heavy atom. The molecule has 3 nitrogen and oxygen atoms in total. The van der Waals surface area contributed by atoms with E-state index in [1.165, 1.54) is 32.1 Å². The zero-order chi connectivity index (χ0) is 8.68. The van der Waals surface area contributed by atoms with E-state index in [0.717, 1.165) is 5.92 Å². The summed E-state index contributed by atoms with van der Waals surface area (Å²) in [6, 6.07) is 0. The van der Waals surface area contributed by atoms with Gasteiger partial charge < -0.3 is 5.73 Å². The first-order valence-corrected chi connectivity index (χ1v) is 5.43. The molecule has 1 spiro atoms. The third-order valence-electron chi connectivity index (χ3n) is 4.77. The maximum atomic E-state index is 6.39. The lowest BCUT2D eigenvalue weighted by molar-refractivity contribution is -0.0368. The van der Waals surface area contributed by atoms with Crippen molar-refractivity contribution >= 4 is 0 Å². The summed E-state index contributed by atoms with van der Waals surface area (Å²) in [5.74, 6) is 2.33. The van der Waals surface area contributed by atoms with Crippen LogP contribution in [0.2, 0.25) is 0 Å². The molecular weight excluding hydrogens is 162 g/mol. The minimum absolute atomic E-state index is 0.0970. The van der Waals surface area contributed by atoms with E-state index in [1.807, 2.05) is 0 Å². The monoisotopic (exact) mass is 177 g/mol. The van der Waals surface area contributed by atoms with Gasteiger partial charge in [0.25, 0.3) is 0 Å². The van der Waals surface area contributed by atoms with Crippen LogP contribution in [0.5, 0.6) is 0 Å². The molecule has 0 saturated heterocycles. The van der Waals surface area contributed by atoms with Gasteiger partial charge in [0.2, 0.25) is 0 Å². The zero-order valence-corrected chi connectivity index (χ0v) is 7.74. The van der Waals surface area contributed by atoms with E-state index >= 15 is 0 Å². The standard InChI is InChI=1S/C10H15N3/c11-9-3-6-1-7(4-9)10(12-13-10)8(2-6)5-9/h6-8H,1-5,11H2. The Balaban J connectivity index is 1.79. The third kappa shape index (κ3) is 0.675. The number of rotatable bonds is 0. The van der Waals surface area contributed by atoms with Gasteiger partial charge in [0, 0.05) is 17.4 Å². The van der Waals surface area contributed by atoms with Crippen LogP contribution < -0.4 is 5.73 Å². The summed E-state index contributed by atoms with van der Waals surface area (Å²) < 4.78 is 0. The van der Waals surface area contributed by atoms with Crippen LogP contribution >= 0.6 is 0 Å². The molecule has 2 unspecified atom stereocenters. The molecule has 0 aromatic carbocycles. The molecule has 0 aromatic rings. The van der Waals surface area contributed by atoms with Crippen LogP contribution in [-0.2, 0) is 0 Å². The van der Waals surface area contributed by atoms with E-state index in [0.29, 0.717) is 11.8 Å². The average molecular weight is 177 g/mol. The maximum absolute atomic E-state index is 6.39. The molecule has 4 saturated carbocycles. The molecule has 4 bridgehead atoms. The van der Waals surface area contributed by atoms with Crippen molar-refractivity contribution in [3.63, 3.8) is 0 Å². The topological polar surface area (TPSA) is 50.7 Å². The summed E-state index contributed by atoms with van der Waals surface area (Å²) in [5.41, 5.74) is 6.66. The average Bonchev–Trinajstić information content (AvgIpc) is 2.77. The van der Waals surface area contributed by atoms with Gasteiger partial charge in [-0.1, -0.05) is 0 Å². The number of hydrogen-bond donors (Lipinski definition) is 1. The van der Waals surface area contributed by atoms with Gasteiger partial charge in [-0.2, -0.15) is 10.2 Å². The van der Waals surface area contributed by atoms with Crippen LogP contribution in [0, 0.1) is 17.8 Å². The fourth-order valence-electron chi connectivity index (χ4n) is 4.41. The molecule has 4 aliphatic carbocycles. The van der Waals surface area contributed by atoms with E-state index in [-0.39, 0.29) is 11.2 Å². The molecular formula is C10H15N3. The second-order valence-electron chi connectivity index (χ2n) is 5.69. The van der Waals surface area contributed by atoms with E-state index in [4.69, 9.17) is 5.73 Å². The van der Waals surface area contributed by atoms with Crippen LogP contribution in [0.25, 0.3) is 0 Å². The van der Waals surface area contributed by atoms with E-state index in [9.17, 15) is 0 Å². The first-order chi connectivity index (χ1) is 6.20. The lowest BCUT2D eigenvalue weighted by Crippen LogP contribution is -2.62. The minimum atomic E-state index is 0.0970. The Labute approximate surface area is 77.8 Å². The van der Waals surface area contributed by atoms with Gasteiger partial charge in [0.05, 0.1) is 0 Å². The van der Waals surface area contributed by atoms with E-state index in [2.05, 4.69) is 10.2 Å². The Hall–Kier alpha value is -0.440. The molecule has 5 aliphatic rings. The zero-order valence-electron chi connectivity index (χ0n) is 7.74. The molecule has 1 heterocycles. The fourth-order valence-corrected chi connectivity index (χ4v) is 4.41. The van der Waals surface area contributed by atoms with Crippen molar-refractivity contribution in [2.24, 2.45) is 33.7 Å². The number of nitrogens with zero attached hydrogens (tertiary/aromatic N) is 2. The smallest absolute Gasteiger partial charge is 0.196 e. The highest BCUT2D eigenvalue weighted by molar-refractivity contribution is 5.19. The predicted molar refractivity (Wildman–Crippen MR) is 48.1 cm³/mol. The molecule has 1 aliphatic heterocycles. The highest BCUT2D eigenvalue weighted by Gasteiger charge is 2.66. The predicted octanol–water partition coefficient (Wildman–Crippen LogP) is 1.69. The van der Waals surface area contributed by atoms with Crippen LogP contribution in [0.15, 0.2) is 10.2 Å². The first-order valence-electron chi connectivity index (χ1n) is 5.43. The van der Waals surface area contributed by atoms with Gasteiger partial charge in [-0.3, -0.25) is 0 Å². The maximum Gasteiger partial charge on any atom is 0.196 e. The van der Waals surface area contributed by atoms with Crippen molar-refractivity contribution in [3.8, 4) is 0 Å². The van der Waals surface area contributed by atoms with E-state index in [1.54, 1.807) is 0 Å². The molecule has 0 radical (unpaired) electrons. The van der Waals surface area contributed by atoms with Crippen LogP contribution in [0.4, 0.5) is 0 Å². The highest BCUT2D eigenvalue weighted by atomic mass is 15.5. The molecule has 0 amide bonds. The Bertz CT molecular complexity index is 285. The second-order valence-corrected chi connectivity index (χ2v) is 5.69. The van der Waals surface area contributed by atoms with Crippen molar-refractivity contribution in [1.82, 2.24) is 0 Å². The van der Waals surface area contributed by atoms with Crippen LogP contribution in [-0.4, -0.2) is 11.2 Å². The van der Waals surface area contributed by atoms with E-state index < -0.39 is 0 Å². The highest BCUT2D eigenvalue weighted by Crippen LogP contribution is 2.64. The van der Waals surface area contributed by atoms with Crippen molar-refractivity contribution < 1.29 is 0 Å². The summed E-state index contributed by atoms with van der Waals surface area (Å²) in [6.45, 7) is 0. The first kappa shape index (κ1) is 6.93. The van der Waals surface area contributed by atoms with Crippen molar-refractivity contribution in [1.29, 1.82) is 0 Å². The number of nitrogens with two attached hydrogens (primary N) is 1. The fraction of sp³-hybridized carbons (Fsp3) is 1.00. The summed E-state index contributed by atoms with van der Waals surface area (Å²) >= 11 is 0. The van der Waals surface area contributed by atoms with Gasteiger partial charge in [-0.25, -0.2) is 0 Å². The Morgan fingerprint density at radius 1 is 1.00 bits per heavy atom. The Kier molecular flexibility index (Phi) is 0.905. The Morgan fingerprint density at radius 3 is 2.08 bits per heavy atom. The third-order valence-corrected chi connectivity index (χ3v) is 4.77. The van der Waals surface area contributed by atoms with Crippen molar-refractivity contribution in [2.75, 3.05) is 0 Å². The molecule has 0 aromatic heterocycles. The van der Waals surface area contributed by atoms with Gasteiger partial charge in [-0.05, 0) is 38.0 Å². The molecule has 13 heavy (non-hydrogen) atoms. The number of hydrogen-bond acceptors (Lipinski definition) is 3. The van der Waals surface area contributed by atoms with Gasteiger partial charge in [0.15, 0.2) is 5.66 Å². The summed E-state index contributed by atoms with van der Waals surface area (Å²) in [7, 11) is 0. The quantitative estimate of drug-likeness (QED) is 0.601.